The molecule has 0 amide bonds. The van der Waals surface area contributed by atoms with E-state index in [4.69, 9.17) is 0 Å². The Labute approximate surface area is 136 Å². The predicted molar refractivity (Wildman–Crippen MR) is 90.2 cm³/mol. The Morgan fingerprint density at radius 1 is 1.10 bits per heavy atom. The van der Waals surface area contributed by atoms with E-state index in [0.717, 1.165) is 10.9 Å². The fourth-order valence-corrected chi connectivity index (χ4v) is 3.42. The minimum absolute atomic E-state index is 0.0843. The molecule has 0 aliphatic carbocycles. The zero-order chi connectivity index (χ0) is 15.4. The molecule has 0 saturated carbocycles. The first-order chi connectivity index (χ1) is 10.0. The van der Waals surface area contributed by atoms with Crippen molar-refractivity contribution in [1.82, 2.24) is 0 Å². The highest BCUT2D eigenvalue weighted by atomic mass is 79.9. The van der Waals surface area contributed by atoms with Gasteiger partial charge < -0.3 is 0 Å². The molecule has 0 aliphatic heterocycles. The summed E-state index contributed by atoms with van der Waals surface area (Å²) in [7, 11) is -1.34. The summed E-state index contributed by atoms with van der Waals surface area (Å²) in [6, 6.07) is 14.8. The fourth-order valence-electron chi connectivity index (χ4n) is 2.01. The molecule has 4 heteroatoms. The maximum Gasteiger partial charge on any atom is 0.178 e. The number of carbonyl (C=O) groups excluding carboxylic acids is 1. The fraction of sp³-hybridized carbons (Fsp3) is 0.235. The van der Waals surface area contributed by atoms with Gasteiger partial charge in [0.15, 0.2) is 5.78 Å². The summed E-state index contributed by atoms with van der Waals surface area (Å²) in [6.07, 6.45) is 0.939. The van der Waals surface area contributed by atoms with E-state index in [1.54, 1.807) is 19.1 Å². The topological polar surface area (TPSA) is 34.1 Å². The van der Waals surface area contributed by atoms with Gasteiger partial charge >= 0.3 is 0 Å². The van der Waals surface area contributed by atoms with Crippen LogP contribution in [0.3, 0.4) is 0 Å². The Balaban J connectivity index is 2.17. The monoisotopic (exact) mass is 364 g/mol. The number of benzene rings is 2. The van der Waals surface area contributed by atoms with Crippen molar-refractivity contribution < 1.29 is 9.00 Å². The number of carbonyl (C=O) groups is 1. The molecule has 0 N–H and O–H groups in total. The van der Waals surface area contributed by atoms with E-state index in [0.29, 0.717) is 10.5 Å². The maximum absolute atomic E-state index is 12.5. The van der Waals surface area contributed by atoms with E-state index >= 15 is 0 Å². The maximum atomic E-state index is 12.5. The van der Waals surface area contributed by atoms with E-state index < -0.39 is 16.0 Å². The number of hydrogen-bond donors (Lipinski definition) is 0. The van der Waals surface area contributed by atoms with E-state index in [1.165, 1.54) is 5.56 Å². The zero-order valence-electron chi connectivity index (χ0n) is 12.0. The molecule has 0 bridgehead atoms. The van der Waals surface area contributed by atoms with Crippen molar-refractivity contribution in [2.45, 2.75) is 30.4 Å². The summed E-state index contributed by atoms with van der Waals surface area (Å²) < 4.78 is 13.4. The van der Waals surface area contributed by atoms with Crippen molar-refractivity contribution in [3.8, 4) is 0 Å². The van der Waals surface area contributed by atoms with Gasteiger partial charge in [-0.15, -0.1) is 0 Å². The molecule has 2 atom stereocenters. The summed E-state index contributed by atoms with van der Waals surface area (Å²) in [5.41, 5.74) is 1.80. The van der Waals surface area contributed by atoms with Gasteiger partial charge in [-0.3, -0.25) is 9.00 Å². The Kier molecular flexibility index (Phi) is 5.48. The van der Waals surface area contributed by atoms with Gasteiger partial charge in [-0.2, -0.15) is 0 Å². The van der Waals surface area contributed by atoms with Crippen LogP contribution in [0, 0.1) is 0 Å². The number of Topliss-reactive ketones (excluding diaryl/α,β-unsaturated/α-hetero) is 1. The molecule has 2 nitrogen and oxygen atoms in total. The summed E-state index contributed by atoms with van der Waals surface area (Å²) in [5, 5.41) is -0.557. The van der Waals surface area contributed by atoms with Crippen LogP contribution >= 0.6 is 15.9 Å². The van der Waals surface area contributed by atoms with Crippen LogP contribution in [-0.4, -0.2) is 15.2 Å². The Bertz CT molecular complexity index is 647. The number of hydrogen-bond acceptors (Lipinski definition) is 2. The first-order valence-corrected chi connectivity index (χ1v) is 8.83. The molecule has 0 heterocycles. The van der Waals surface area contributed by atoms with Gasteiger partial charge in [0, 0.05) is 14.9 Å². The van der Waals surface area contributed by atoms with E-state index in [9.17, 15) is 9.00 Å². The highest BCUT2D eigenvalue weighted by molar-refractivity contribution is 9.10. The zero-order valence-corrected chi connectivity index (χ0v) is 14.4. The molecular weight excluding hydrogens is 348 g/mol. The number of ketones is 1. The Hall–Kier alpha value is -1.26. The van der Waals surface area contributed by atoms with E-state index in [1.807, 2.05) is 36.4 Å². The van der Waals surface area contributed by atoms with Crippen LogP contribution in [0.1, 0.15) is 29.8 Å². The van der Waals surface area contributed by atoms with Crippen LogP contribution < -0.4 is 0 Å². The smallest absolute Gasteiger partial charge is 0.178 e. The van der Waals surface area contributed by atoms with Gasteiger partial charge in [-0.1, -0.05) is 47.1 Å². The molecule has 0 aromatic heterocycles. The lowest BCUT2D eigenvalue weighted by molar-refractivity contribution is 0.0992. The van der Waals surface area contributed by atoms with Crippen molar-refractivity contribution >= 4 is 32.5 Å². The molecule has 110 valence electrons. The molecule has 21 heavy (non-hydrogen) atoms. The van der Waals surface area contributed by atoms with Gasteiger partial charge in [0.1, 0.15) is 0 Å². The molecule has 0 saturated heterocycles. The normalized spacial score (nSPS) is 13.7. The van der Waals surface area contributed by atoms with Gasteiger partial charge in [0.25, 0.3) is 0 Å². The second kappa shape index (κ2) is 7.14. The summed E-state index contributed by atoms with van der Waals surface area (Å²) in [4.78, 5) is 13.1. The molecule has 0 aliphatic rings. The van der Waals surface area contributed by atoms with Gasteiger partial charge in [-0.25, -0.2) is 0 Å². The number of rotatable bonds is 5. The van der Waals surface area contributed by atoms with Crippen LogP contribution in [0.2, 0.25) is 0 Å². The van der Waals surface area contributed by atoms with Crippen molar-refractivity contribution in [2.75, 3.05) is 0 Å². The van der Waals surface area contributed by atoms with Crippen molar-refractivity contribution in [3.05, 3.63) is 64.1 Å². The minimum Gasteiger partial charge on any atom is -0.293 e. The first kappa shape index (κ1) is 16.1. The summed E-state index contributed by atoms with van der Waals surface area (Å²) in [6.45, 7) is 3.79. The summed E-state index contributed by atoms with van der Waals surface area (Å²) >= 11 is 3.34. The first-order valence-electron chi connectivity index (χ1n) is 6.82. The predicted octanol–water partition coefficient (Wildman–Crippen LogP) is 4.39. The Morgan fingerprint density at radius 2 is 1.67 bits per heavy atom. The molecule has 2 aromatic rings. The van der Waals surface area contributed by atoms with Crippen LogP contribution in [0.15, 0.2) is 57.9 Å². The minimum atomic E-state index is -1.34. The second-order valence-electron chi connectivity index (χ2n) is 4.81. The molecule has 0 fully saturated rings. The third-order valence-electron chi connectivity index (χ3n) is 3.38. The lowest BCUT2D eigenvalue weighted by Crippen LogP contribution is -2.22. The summed E-state index contributed by atoms with van der Waals surface area (Å²) in [5.74, 6) is -0.0843. The highest BCUT2D eigenvalue weighted by Gasteiger charge is 2.22. The third kappa shape index (κ3) is 3.89. The molecule has 0 radical (unpaired) electrons. The second-order valence-corrected chi connectivity index (χ2v) is 7.50. The SMILES string of the molecule is CCc1ccc(C(=O)C(C)S(=O)c2ccc(Br)cc2)cc1. The molecule has 0 spiro atoms. The van der Waals surface area contributed by atoms with Gasteiger partial charge in [0.2, 0.25) is 0 Å². The van der Waals surface area contributed by atoms with E-state index in [-0.39, 0.29) is 5.78 Å². The third-order valence-corrected chi connectivity index (χ3v) is 5.50. The molecule has 2 unspecified atom stereocenters. The lowest BCUT2D eigenvalue weighted by atomic mass is 10.1. The van der Waals surface area contributed by atoms with Gasteiger partial charge in [-0.05, 0) is 43.2 Å². The molecule has 2 rings (SSSR count). The quantitative estimate of drug-likeness (QED) is 0.737. The van der Waals surface area contributed by atoms with Gasteiger partial charge in [0.05, 0.1) is 16.0 Å². The number of halogens is 1. The Morgan fingerprint density at radius 3 is 2.19 bits per heavy atom. The molecule has 2 aromatic carbocycles. The van der Waals surface area contributed by atoms with Crippen molar-refractivity contribution in [3.63, 3.8) is 0 Å². The van der Waals surface area contributed by atoms with Crippen molar-refractivity contribution in [2.24, 2.45) is 0 Å². The van der Waals surface area contributed by atoms with Crippen LogP contribution in [0.4, 0.5) is 0 Å². The number of aryl methyl sites for hydroxylation is 1. The molecular formula is C17H17BrO2S. The lowest BCUT2D eigenvalue weighted by Gasteiger charge is -2.11. The van der Waals surface area contributed by atoms with Crippen LogP contribution in [0.25, 0.3) is 0 Å². The highest BCUT2D eigenvalue weighted by Crippen LogP contribution is 2.18. The largest absolute Gasteiger partial charge is 0.293 e. The van der Waals surface area contributed by atoms with Crippen LogP contribution in [-0.2, 0) is 17.2 Å². The van der Waals surface area contributed by atoms with E-state index in [2.05, 4.69) is 22.9 Å². The van der Waals surface area contributed by atoms with Crippen molar-refractivity contribution in [1.29, 1.82) is 0 Å². The van der Waals surface area contributed by atoms with Crippen LogP contribution in [0.5, 0.6) is 0 Å². The average Bonchev–Trinajstić information content (AvgIpc) is 2.53. The standard InChI is InChI=1S/C17H17BrO2S/c1-3-13-4-6-14(7-5-13)17(19)12(2)21(20)16-10-8-15(18)9-11-16/h4-12H,3H2,1-2H3. The average molecular weight is 365 g/mol.